The Labute approximate surface area is 81.4 Å². The molecular formula is C10H10N2S. The van der Waals surface area contributed by atoms with Crippen LogP contribution in [0.2, 0.25) is 0 Å². The molecule has 0 bridgehead atoms. The number of para-hydroxylation sites is 1. The van der Waals surface area contributed by atoms with Crippen molar-refractivity contribution in [1.82, 2.24) is 4.98 Å². The summed E-state index contributed by atoms with van der Waals surface area (Å²) in [5.41, 5.74) is 7.61. The molecule has 0 saturated carbocycles. The lowest BCUT2D eigenvalue weighted by atomic mass is 10.1. The number of hydrogen-bond donors (Lipinski definition) is 2. The SMILES string of the molecule is NCc1c[nH]c2ccccc2c1=S. The Balaban J connectivity index is 2.87. The maximum Gasteiger partial charge on any atom is 0.0529 e. The van der Waals surface area contributed by atoms with Crippen LogP contribution in [0.1, 0.15) is 5.56 Å². The number of H-pyrrole nitrogens is 1. The number of benzene rings is 1. The van der Waals surface area contributed by atoms with Crippen LogP contribution in [0, 0.1) is 4.51 Å². The molecule has 0 amide bonds. The fraction of sp³-hybridized carbons (Fsp3) is 0.100. The van der Waals surface area contributed by atoms with Crippen molar-refractivity contribution in [3.63, 3.8) is 0 Å². The molecular weight excluding hydrogens is 180 g/mol. The van der Waals surface area contributed by atoms with Crippen molar-refractivity contribution in [2.45, 2.75) is 6.54 Å². The highest BCUT2D eigenvalue weighted by atomic mass is 32.1. The largest absolute Gasteiger partial charge is 0.361 e. The maximum absolute atomic E-state index is 5.56. The summed E-state index contributed by atoms with van der Waals surface area (Å²) in [6.45, 7) is 0.486. The smallest absolute Gasteiger partial charge is 0.0529 e. The lowest BCUT2D eigenvalue weighted by Crippen LogP contribution is -1.98. The second-order valence-electron chi connectivity index (χ2n) is 2.89. The Bertz CT molecular complexity index is 487. The van der Waals surface area contributed by atoms with Gasteiger partial charge in [-0.15, -0.1) is 0 Å². The fourth-order valence-corrected chi connectivity index (χ4v) is 1.68. The summed E-state index contributed by atoms with van der Waals surface area (Å²) in [6.07, 6.45) is 1.88. The number of pyridine rings is 1. The molecule has 2 rings (SSSR count). The van der Waals surface area contributed by atoms with Gasteiger partial charge in [-0.2, -0.15) is 0 Å². The third-order valence-electron chi connectivity index (χ3n) is 2.09. The van der Waals surface area contributed by atoms with Crippen LogP contribution in [0.5, 0.6) is 0 Å². The molecule has 0 atom stereocenters. The summed E-state index contributed by atoms with van der Waals surface area (Å²) in [5.74, 6) is 0. The molecule has 2 aromatic rings. The van der Waals surface area contributed by atoms with Gasteiger partial charge in [0, 0.05) is 29.2 Å². The molecule has 3 N–H and O–H groups in total. The third-order valence-corrected chi connectivity index (χ3v) is 2.57. The van der Waals surface area contributed by atoms with Crippen molar-refractivity contribution in [1.29, 1.82) is 0 Å². The summed E-state index contributed by atoms with van der Waals surface area (Å²) in [6, 6.07) is 7.97. The van der Waals surface area contributed by atoms with E-state index in [2.05, 4.69) is 4.98 Å². The molecule has 2 nitrogen and oxygen atoms in total. The zero-order chi connectivity index (χ0) is 9.26. The van der Waals surface area contributed by atoms with Crippen LogP contribution in [0.3, 0.4) is 0 Å². The van der Waals surface area contributed by atoms with Crippen LogP contribution >= 0.6 is 12.2 Å². The van der Waals surface area contributed by atoms with E-state index in [-0.39, 0.29) is 0 Å². The van der Waals surface area contributed by atoms with Crippen LogP contribution in [-0.2, 0) is 6.54 Å². The second kappa shape index (κ2) is 3.28. The number of fused-ring (bicyclic) bond motifs is 1. The quantitative estimate of drug-likeness (QED) is 0.678. The zero-order valence-electron chi connectivity index (χ0n) is 7.08. The number of aromatic nitrogens is 1. The fourth-order valence-electron chi connectivity index (χ4n) is 1.36. The van der Waals surface area contributed by atoms with E-state index in [1.54, 1.807) is 0 Å². The predicted molar refractivity (Wildman–Crippen MR) is 57.0 cm³/mol. The van der Waals surface area contributed by atoms with Crippen LogP contribution < -0.4 is 5.73 Å². The number of aromatic amines is 1. The molecule has 1 heterocycles. The van der Waals surface area contributed by atoms with Gasteiger partial charge >= 0.3 is 0 Å². The van der Waals surface area contributed by atoms with E-state index in [0.717, 1.165) is 21.0 Å². The minimum Gasteiger partial charge on any atom is -0.361 e. The van der Waals surface area contributed by atoms with Crippen molar-refractivity contribution in [2.24, 2.45) is 5.73 Å². The zero-order valence-corrected chi connectivity index (χ0v) is 7.90. The Hall–Kier alpha value is -1.19. The summed E-state index contributed by atoms with van der Waals surface area (Å²) >= 11 is 5.29. The molecule has 0 unspecified atom stereocenters. The summed E-state index contributed by atoms with van der Waals surface area (Å²) in [5, 5.41) is 1.07. The third kappa shape index (κ3) is 1.36. The van der Waals surface area contributed by atoms with E-state index in [1.807, 2.05) is 30.5 Å². The monoisotopic (exact) mass is 190 g/mol. The highest BCUT2D eigenvalue weighted by Crippen LogP contribution is 2.15. The van der Waals surface area contributed by atoms with Gasteiger partial charge in [-0.1, -0.05) is 30.4 Å². The average Bonchev–Trinajstić information content (AvgIpc) is 2.19. The predicted octanol–water partition coefficient (Wildman–Crippen LogP) is 2.36. The van der Waals surface area contributed by atoms with Crippen molar-refractivity contribution in [3.05, 3.63) is 40.5 Å². The van der Waals surface area contributed by atoms with Crippen molar-refractivity contribution in [3.8, 4) is 0 Å². The lowest BCUT2D eigenvalue weighted by molar-refractivity contribution is 1.05. The van der Waals surface area contributed by atoms with Crippen LogP contribution in [0.15, 0.2) is 30.5 Å². The van der Waals surface area contributed by atoms with E-state index in [0.29, 0.717) is 6.54 Å². The molecule has 0 radical (unpaired) electrons. The van der Waals surface area contributed by atoms with E-state index >= 15 is 0 Å². The highest BCUT2D eigenvalue weighted by molar-refractivity contribution is 7.71. The molecule has 0 spiro atoms. The highest BCUT2D eigenvalue weighted by Gasteiger charge is 1.98. The van der Waals surface area contributed by atoms with Crippen LogP contribution in [-0.4, -0.2) is 4.98 Å². The van der Waals surface area contributed by atoms with Gasteiger partial charge in [0.05, 0.1) is 4.51 Å². The van der Waals surface area contributed by atoms with Gasteiger partial charge in [0.15, 0.2) is 0 Å². The number of hydrogen-bond acceptors (Lipinski definition) is 2. The Kier molecular flexibility index (Phi) is 2.12. The summed E-state index contributed by atoms with van der Waals surface area (Å²) in [4.78, 5) is 3.16. The van der Waals surface area contributed by atoms with Gasteiger partial charge in [0.2, 0.25) is 0 Å². The van der Waals surface area contributed by atoms with E-state index < -0.39 is 0 Å². The van der Waals surface area contributed by atoms with Crippen molar-refractivity contribution >= 4 is 23.1 Å². The molecule has 0 aliphatic rings. The summed E-state index contributed by atoms with van der Waals surface area (Å²) in [7, 11) is 0. The molecule has 0 fully saturated rings. The average molecular weight is 190 g/mol. The molecule has 1 aromatic carbocycles. The standard InChI is InChI=1S/C10H10N2S/c11-5-7-6-12-9-4-2-1-3-8(9)10(7)13/h1-4,6H,5,11H2,(H,12,13). The normalized spacial score (nSPS) is 10.5. The van der Waals surface area contributed by atoms with Gasteiger partial charge in [-0.25, -0.2) is 0 Å². The lowest BCUT2D eigenvalue weighted by Gasteiger charge is -2.01. The second-order valence-corrected chi connectivity index (χ2v) is 3.30. The summed E-state index contributed by atoms with van der Waals surface area (Å²) < 4.78 is 0.858. The first kappa shape index (κ1) is 8.41. The first-order valence-corrected chi connectivity index (χ1v) is 4.53. The van der Waals surface area contributed by atoms with Crippen molar-refractivity contribution in [2.75, 3.05) is 0 Å². The Morgan fingerprint density at radius 3 is 2.85 bits per heavy atom. The molecule has 1 aromatic heterocycles. The Morgan fingerprint density at radius 1 is 1.31 bits per heavy atom. The van der Waals surface area contributed by atoms with E-state index in [4.69, 9.17) is 18.0 Å². The van der Waals surface area contributed by atoms with Crippen molar-refractivity contribution < 1.29 is 0 Å². The maximum atomic E-state index is 5.56. The van der Waals surface area contributed by atoms with Crippen LogP contribution in [0.25, 0.3) is 10.9 Å². The molecule has 0 aliphatic carbocycles. The number of nitrogens with two attached hydrogens (primary N) is 1. The molecule has 0 aliphatic heterocycles. The first-order chi connectivity index (χ1) is 6.33. The number of nitrogens with one attached hydrogen (secondary N) is 1. The topological polar surface area (TPSA) is 41.8 Å². The van der Waals surface area contributed by atoms with E-state index in [1.165, 1.54) is 0 Å². The van der Waals surface area contributed by atoms with E-state index in [9.17, 15) is 0 Å². The molecule has 66 valence electrons. The number of rotatable bonds is 1. The van der Waals surface area contributed by atoms with Gasteiger partial charge in [0.25, 0.3) is 0 Å². The minimum absolute atomic E-state index is 0.486. The minimum atomic E-state index is 0.486. The van der Waals surface area contributed by atoms with Gasteiger partial charge in [0.1, 0.15) is 0 Å². The van der Waals surface area contributed by atoms with Gasteiger partial charge in [-0.3, -0.25) is 0 Å². The van der Waals surface area contributed by atoms with Gasteiger partial charge < -0.3 is 10.7 Å². The molecule has 3 heteroatoms. The Morgan fingerprint density at radius 2 is 2.08 bits per heavy atom. The van der Waals surface area contributed by atoms with Gasteiger partial charge in [-0.05, 0) is 6.07 Å². The molecule has 13 heavy (non-hydrogen) atoms. The van der Waals surface area contributed by atoms with Crippen LogP contribution in [0.4, 0.5) is 0 Å². The first-order valence-electron chi connectivity index (χ1n) is 4.12. The molecule has 0 saturated heterocycles.